The van der Waals surface area contributed by atoms with Gasteiger partial charge in [0.05, 0.1) is 16.4 Å². The van der Waals surface area contributed by atoms with Crippen LogP contribution >= 0.6 is 22.9 Å². The Morgan fingerprint density at radius 2 is 1.88 bits per heavy atom. The first-order chi connectivity index (χ1) is 19.2. The number of pyridine rings is 1. The molecule has 0 spiro atoms. The quantitative estimate of drug-likeness (QED) is 0.407. The number of nitrogens with one attached hydrogen (secondary N) is 2. The number of rotatable bonds is 8. The lowest BCUT2D eigenvalue weighted by molar-refractivity contribution is -0.144. The van der Waals surface area contributed by atoms with Crippen molar-refractivity contribution in [1.29, 1.82) is 0 Å². The van der Waals surface area contributed by atoms with Crippen molar-refractivity contribution in [3.63, 3.8) is 0 Å². The molecule has 4 heterocycles. The number of sulfonamides is 1. The molecule has 0 aliphatic carbocycles. The maximum atomic E-state index is 13.2. The second-order valence-corrected chi connectivity index (χ2v) is 13.0. The number of hydrogen-bond acceptors (Lipinski definition) is 7. The first-order valence-corrected chi connectivity index (χ1v) is 15.6. The molecule has 0 radical (unpaired) electrons. The van der Waals surface area contributed by atoms with E-state index in [1.165, 1.54) is 27.2 Å². The number of carbonyl (C=O) groups excluding carboxylic acids is 3. The van der Waals surface area contributed by atoms with Gasteiger partial charge in [-0.3, -0.25) is 14.4 Å². The summed E-state index contributed by atoms with van der Waals surface area (Å²) in [5, 5.41) is 4.77. The molecule has 2 saturated heterocycles. The molecule has 10 nitrogen and oxygen atoms in total. The second kappa shape index (κ2) is 12.0. The summed E-state index contributed by atoms with van der Waals surface area (Å²) >= 11 is 7.12. The Hall–Kier alpha value is -3.32. The molecular formula is C27H28ClN5O5S2. The van der Waals surface area contributed by atoms with E-state index in [2.05, 4.69) is 15.0 Å². The number of likely N-dealkylation sites (tertiary alicyclic amines) is 2. The number of thiophene rings is 1. The molecule has 40 heavy (non-hydrogen) atoms. The van der Waals surface area contributed by atoms with Gasteiger partial charge in [0.1, 0.15) is 17.9 Å². The van der Waals surface area contributed by atoms with Crippen LogP contribution < -0.4 is 10.0 Å². The van der Waals surface area contributed by atoms with E-state index in [4.69, 9.17) is 11.6 Å². The van der Waals surface area contributed by atoms with Gasteiger partial charge in [-0.1, -0.05) is 29.8 Å². The van der Waals surface area contributed by atoms with Crippen LogP contribution in [0.5, 0.6) is 0 Å². The number of anilines is 1. The fourth-order valence-electron chi connectivity index (χ4n) is 4.96. The monoisotopic (exact) mass is 601 g/mol. The molecule has 2 atom stereocenters. The van der Waals surface area contributed by atoms with Crippen LogP contribution in [0.25, 0.3) is 17.0 Å². The topological polar surface area (TPSA) is 129 Å². The Balaban J connectivity index is 1.19. The number of piperidine rings is 1. The third kappa shape index (κ3) is 6.69. The second-order valence-electron chi connectivity index (χ2n) is 9.69. The van der Waals surface area contributed by atoms with Crippen LogP contribution in [-0.4, -0.2) is 72.6 Å². The highest BCUT2D eigenvalue weighted by molar-refractivity contribution is 7.92. The summed E-state index contributed by atoms with van der Waals surface area (Å²) in [6.45, 7) is 0.508. The predicted molar refractivity (Wildman–Crippen MR) is 155 cm³/mol. The molecule has 0 unspecified atom stereocenters. The fraction of sp³-hybridized carbons (Fsp3) is 0.333. The van der Waals surface area contributed by atoms with Crippen LogP contribution in [-0.2, 0) is 24.4 Å². The Morgan fingerprint density at radius 3 is 2.67 bits per heavy atom. The zero-order valence-electron chi connectivity index (χ0n) is 21.5. The standard InChI is InChI=1S/C27H28ClN5O5S2/c28-23-11-10-19(39-23)13-16-40(37,38)31-21-7-3-14-32(27(21)36)17-25(34)33-15-4-8-22(33)26(35)30-24-12-9-18-5-1-2-6-20(18)29-24/h1-2,5-6,9-13,16,21-22,31H,3-4,7-8,14-15,17H2,(H,29,30,35)/t21-,22+/m0/s1. The lowest BCUT2D eigenvalue weighted by Gasteiger charge is -2.33. The number of para-hydroxylation sites is 1. The first kappa shape index (κ1) is 28.2. The molecule has 0 saturated carbocycles. The molecule has 2 aromatic heterocycles. The number of benzene rings is 1. The lowest BCUT2D eigenvalue weighted by Crippen LogP contribution is -2.55. The van der Waals surface area contributed by atoms with Gasteiger partial charge in [0.15, 0.2) is 0 Å². The highest BCUT2D eigenvalue weighted by Gasteiger charge is 2.37. The van der Waals surface area contributed by atoms with Crippen molar-refractivity contribution < 1.29 is 22.8 Å². The van der Waals surface area contributed by atoms with Crippen molar-refractivity contribution in [1.82, 2.24) is 19.5 Å². The van der Waals surface area contributed by atoms with Crippen LogP contribution in [0.4, 0.5) is 5.82 Å². The molecule has 2 fully saturated rings. The summed E-state index contributed by atoms with van der Waals surface area (Å²) in [4.78, 5) is 47.4. The van der Waals surface area contributed by atoms with Gasteiger partial charge < -0.3 is 15.1 Å². The van der Waals surface area contributed by atoms with Gasteiger partial charge >= 0.3 is 0 Å². The average Bonchev–Trinajstić information content (AvgIpc) is 3.59. The van der Waals surface area contributed by atoms with Crippen molar-refractivity contribution in [3.8, 4) is 0 Å². The summed E-state index contributed by atoms with van der Waals surface area (Å²) in [6.07, 6.45) is 3.44. The summed E-state index contributed by atoms with van der Waals surface area (Å²) in [5.74, 6) is -0.740. The Kier molecular flexibility index (Phi) is 8.50. The molecular weight excluding hydrogens is 574 g/mol. The molecule has 0 bridgehead atoms. The van der Waals surface area contributed by atoms with Gasteiger partial charge in [0, 0.05) is 28.8 Å². The van der Waals surface area contributed by atoms with E-state index in [-0.39, 0.29) is 18.4 Å². The van der Waals surface area contributed by atoms with Gasteiger partial charge in [-0.2, -0.15) is 4.72 Å². The van der Waals surface area contributed by atoms with Crippen LogP contribution in [0, 0.1) is 0 Å². The molecule has 5 rings (SSSR count). The van der Waals surface area contributed by atoms with E-state index in [0.29, 0.717) is 53.8 Å². The number of fused-ring (bicyclic) bond motifs is 1. The van der Waals surface area contributed by atoms with E-state index < -0.39 is 28.0 Å². The Morgan fingerprint density at radius 1 is 1.07 bits per heavy atom. The summed E-state index contributed by atoms with van der Waals surface area (Å²) in [5.41, 5.74) is 0.750. The van der Waals surface area contributed by atoms with Gasteiger partial charge in [-0.15, -0.1) is 11.3 Å². The maximum Gasteiger partial charge on any atom is 0.248 e. The number of aromatic nitrogens is 1. The highest BCUT2D eigenvalue weighted by Crippen LogP contribution is 2.24. The summed E-state index contributed by atoms with van der Waals surface area (Å²) in [6, 6.07) is 12.9. The van der Waals surface area contributed by atoms with Crippen LogP contribution in [0.3, 0.4) is 0 Å². The lowest BCUT2D eigenvalue weighted by atomic mass is 10.1. The molecule has 3 amide bonds. The zero-order valence-corrected chi connectivity index (χ0v) is 23.8. The molecule has 210 valence electrons. The SMILES string of the molecule is O=C(Nc1ccc2ccccc2n1)[C@H]1CCCN1C(=O)CN1CCC[C@H](NS(=O)(=O)C=Cc2ccc(Cl)s2)C1=O. The number of hydrogen-bond donors (Lipinski definition) is 2. The van der Waals surface area contributed by atoms with Gasteiger partial charge in [0.2, 0.25) is 27.7 Å². The highest BCUT2D eigenvalue weighted by atomic mass is 35.5. The van der Waals surface area contributed by atoms with E-state index in [1.807, 2.05) is 30.3 Å². The first-order valence-electron chi connectivity index (χ1n) is 12.9. The maximum absolute atomic E-state index is 13.2. The minimum atomic E-state index is -3.90. The molecule has 2 N–H and O–H groups in total. The normalized spacial score (nSPS) is 20.0. The summed E-state index contributed by atoms with van der Waals surface area (Å²) in [7, 11) is -3.90. The van der Waals surface area contributed by atoms with Gasteiger partial charge in [-0.25, -0.2) is 13.4 Å². The Bertz CT molecular complexity index is 1570. The number of amides is 3. The molecule has 1 aromatic carbocycles. The van der Waals surface area contributed by atoms with Crippen LogP contribution in [0.1, 0.15) is 30.6 Å². The minimum absolute atomic E-state index is 0.224. The van der Waals surface area contributed by atoms with Gasteiger partial charge in [-0.05, 0) is 62.1 Å². The zero-order chi connectivity index (χ0) is 28.3. The smallest absolute Gasteiger partial charge is 0.248 e. The van der Waals surface area contributed by atoms with Crippen molar-refractivity contribution in [2.45, 2.75) is 37.8 Å². The predicted octanol–water partition coefficient (Wildman–Crippen LogP) is 3.46. The fourth-order valence-corrected chi connectivity index (χ4v) is 7.03. The van der Waals surface area contributed by atoms with E-state index in [1.54, 1.807) is 18.2 Å². The van der Waals surface area contributed by atoms with Crippen molar-refractivity contribution in [3.05, 3.63) is 63.2 Å². The molecule has 3 aromatic rings. The van der Waals surface area contributed by atoms with Crippen molar-refractivity contribution >= 4 is 73.5 Å². The van der Waals surface area contributed by atoms with E-state index >= 15 is 0 Å². The number of carbonyl (C=O) groups is 3. The van der Waals surface area contributed by atoms with Crippen molar-refractivity contribution in [2.24, 2.45) is 0 Å². The third-order valence-corrected chi connectivity index (χ3v) is 9.20. The number of halogens is 1. The summed E-state index contributed by atoms with van der Waals surface area (Å²) < 4.78 is 28.1. The third-order valence-electron chi connectivity index (χ3n) is 6.89. The van der Waals surface area contributed by atoms with Crippen LogP contribution in [0.15, 0.2) is 53.9 Å². The van der Waals surface area contributed by atoms with Crippen LogP contribution in [0.2, 0.25) is 4.34 Å². The molecule has 13 heteroatoms. The van der Waals surface area contributed by atoms with Crippen molar-refractivity contribution in [2.75, 3.05) is 25.0 Å². The minimum Gasteiger partial charge on any atom is -0.332 e. The number of nitrogens with zero attached hydrogens (tertiary/aromatic N) is 3. The average molecular weight is 602 g/mol. The van der Waals surface area contributed by atoms with E-state index in [0.717, 1.165) is 16.3 Å². The molecule has 2 aliphatic heterocycles. The van der Waals surface area contributed by atoms with E-state index in [9.17, 15) is 22.8 Å². The molecule has 2 aliphatic rings. The Labute approximate surface area is 241 Å². The largest absolute Gasteiger partial charge is 0.332 e. The van der Waals surface area contributed by atoms with Gasteiger partial charge in [0.25, 0.3) is 0 Å².